The Labute approximate surface area is 151 Å². The smallest absolute Gasteiger partial charge is 0.254 e. The average Bonchev–Trinajstić information content (AvgIpc) is 2.65. The van der Waals surface area contributed by atoms with E-state index >= 15 is 0 Å². The first-order valence-electron chi connectivity index (χ1n) is 8.15. The highest BCUT2D eigenvalue weighted by molar-refractivity contribution is 5.92. The van der Waals surface area contributed by atoms with Gasteiger partial charge in [-0.2, -0.15) is 0 Å². The molecule has 0 saturated heterocycles. The highest BCUT2D eigenvalue weighted by atomic mass is 16.5. The lowest BCUT2D eigenvalue weighted by Crippen LogP contribution is -2.30. The van der Waals surface area contributed by atoms with Crippen molar-refractivity contribution in [3.8, 4) is 17.0 Å². The zero-order chi connectivity index (χ0) is 18.5. The van der Waals surface area contributed by atoms with Crippen LogP contribution >= 0.6 is 0 Å². The topological polar surface area (TPSA) is 73.2 Å². The van der Waals surface area contributed by atoms with Gasteiger partial charge in [0.25, 0.3) is 5.56 Å². The van der Waals surface area contributed by atoms with Gasteiger partial charge < -0.3 is 10.1 Å². The number of carbonyl (C=O) groups excluding carboxylic acids is 1. The van der Waals surface area contributed by atoms with Crippen LogP contribution < -0.4 is 15.6 Å². The predicted octanol–water partition coefficient (Wildman–Crippen LogP) is 2.87. The minimum absolute atomic E-state index is 0.120. The second-order valence-electron chi connectivity index (χ2n) is 5.73. The highest BCUT2D eigenvalue weighted by Crippen LogP contribution is 2.23. The summed E-state index contributed by atoms with van der Waals surface area (Å²) in [4.78, 5) is 29.3. The number of aromatic nitrogens is 2. The Bertz CT molecular complexity index is 981. The van der Waals surface area contributed by atoms with Gasteiger partial charge in [0, 0.05) is 11.6 Å². The lowest BCUT2D eigenvalue weighted by molar-refractivity contribution is -0.116. The Morgan fingerprint density at radius 3 is 2.50 bits per heavy atom. The Kier molecular flexibility index (Phi) is 5.12. The molecular formula is C20H19N3O3. The summed E-state index contributed by atoms with van der Waals surface area (Å²) in [7, 11) is 1.53. The van der Waals surface area contributed by atoms with Gasteiger partial charge in [0.05, 0.1) is 18.5 Å². The molecule has 1 N–H and O–H groups in total. The minimum Gasteiger partial charge on any atom is -0.495 e. The molecule has 0 bridgehead atoms. The van der Waals surface area contributed by atoms with Crippen molar-refractivity contribution in [1.29, 1.82) is 0 Å². The second-order valence-corrected chi connectivity index (χ2v) is 5.73. The fraction of sp³-hybridized carbons (Fsp3) is 0.150. The lowest BCUT2D eigenvalue weighted by atomic mass is 10.1. The third-order valence-electron chi connectivity index (χ3n) is 3.95. The van der Waals surface area contributed by atoms with Gasteiger partial charge >= 0.3 is 0 Å². The van der Waals surface area contributed by atoms with Gasteiger partial charge in [-0.25, -0.2) is 4.98 Å². The molecule has 6 nitrogen and oxygen atoms in total. The van der Waals surface area contributed by atoms with E-state index in [-0.39, 0.29) is 18.0 Å². The first-order valence-corrected chi connectivity index (χ1v) is 8.15. The number of anilines is 1. The number of carbonyl (C=O) groups is 1. The van der Waals surface area contributed by atoms with Crippen LogP contribution in [-0.2, 0) is 11.3 Å². The summed E-state index contributed by atoms with van der Waals surface area (Å²) in [6.45, 7) is 1.59. The van der Waals surface area contributed by atoms with E-state index in [9.17, 15) is 9.59 Å². The molecule has 6 heteroatoms. The summed E-state index contributed by atoms with van der Waals surface area (Å²) in [5.41, 5.74) is 1.74. The van der Waals surface area contributed by atoms with Crippen molar-refractivity contribution in [2.75, 3.05) is 12.4 Å². The summed E-state index contributed by atoms with van der Waals surface area (Å²) in [6, 6.07) is 18.0. The normalized spacial score (nSPS) is 10.4. The molecule has 132 valence electrons. The van der Waals surface area contributed by atoms with Crippen LogP contribution in [0, 0.1) is 6.92 Å². The summed E-state index contributed by atoms with van der Waals surface area (Å²) in [5.74, 6) is 0.711. The van der Waals surface area contributed by atoms with Crippen LogP contribution in [0.15, 0.2) is 65.5 Å². The molecule has 0 aliphatic heterocycles. The molecule has 1 heterocycles. The van der Waals surface area contributed by atoms with E-state index in [1.165, 1.54) is 17.7 Å². The predicted molar refractivity (Wildman–Crippen MR) is 100 cm³/mol. The van der Waals surface area contributed by atoms with Crippen molar-refractivity contribution < 1.29 is 9.53 Å². The molecule has 1 amide bonds. The maximum atomic E-state index is 12.5. The van der Waals surface area contributed by atoms with Gasteiger partial charge in [-0.15, -0.1) is 0 Å². The van der Waals surface area contributed by atoms with Gasteiger partial charge in [-0.3, -0.25) is 14.2 Å². The van der Waals surface area contributed by atoms with E-state index < -0.39 is 0 Å². The molecule has 0 unspecified atom stereocenters. The van der Waals surface area contributed by atoms with E-state index in [0.717, 1.165) is 5.56 Å². The molecule has 3 rings (SSSR count). The van der Waals surface area contributed by atoms with Crippen LogP contribution in [0.4, 0.5) is 5.69 Å². The van der Waals surface area contributed by atoms with E-state index in [1.807, 2.05) is 36.4 Å². The summed E-state index contributed by atoms with van der Waals surface area (Å²) in [5, 5.41) is 2.76. The zero-order valence-corrected chi connectivity index (χ0v) is 14.6. The minimum atomic E-state index is -0.325. The number of ether oxygens (including phenoxy) is 1. The van der Waals surface area contributed by atoms with Crippen LogP contribution in [0.5, 0.6) is 5.75 Å². The van der Waals surface area contributed by atoms with Crippen molar-refractivity contribution in [3.05, 3.63) is 76.8 Å². The second kappa shape index (κ2) is 7.65. The van der Waals surface area contributed by atoms with Crippen LogP contribution in [-0.4, -0.2) is 22.6 Å². The maximum absolute atomic E-state index is 12.5. The number of benzene rings is 2. The van der Waals surface area contributed by atoms with Gasteiger partial charge in [-0.05, 0) is 19.1 Å². The monoisotopic (exact) mass is 349 g/mol. The molecule has 0 aliphatic rings. The van der Waals surface area contributed by atoms with E-state index in [4.69, 9.17) is 4.74 Å². The largest absolute Gasteiger partial charge is 0.495 e. The number of rotatable bonds is 5. The number of nitrogens with one attached hydrogen (secondary N) is 1. The van der Waals surface area contributed by atoms with Crippen molar-refractivity contribution in [3.63, 3.8) is 0 Å². The molecule has 26 heavy (non-hydrogen) atoms. The van der Waals surface area contributed by atoms with Gasteiger partial charge in [-0.1, -0.05) is 42.5 Å². The van der Waals surface area contributed by atoms with Crippen molar-refractivity contribution in [1.82, 2.24) is 9.55 Å². The molecule has 0 fully saturated rings. The molecular weight excluding hydrogens is 330 g/mol. The Balaban J connectivity index is 1.82. The first-order chi connectivity index (χ1) is 12.6. The number of hydrogen-bond acceptors (Lipinski definition) is 4. The third kappa shape index (κ3) is 3.80. The number of aryl methyl sites for hydroxylation is 1. The standard InChI is InChI=1S/C20H19N3O3/c1-14-21-17(15-8-4-3-5-9-15)12-20(25)23(14)13-19(24)22-16-10-6-7-11-18(16)26-2/h3-12H,13H2,1-2H3,(H,22,24). The molecule has 2 aromatic carbocycles. The third-order valence-corrected chi connectivity index (χ3v) is 3.95. The van der Waals surface area contributed by atoms with Crippen molar-refractivity contribution in [2.24, 2.45) is 0 Å². The van der Waals surface area contributed by atoms with Gasteiger partial charge in [0.15, 0.2) is 0 Å². The lowest BCUT2D eigenvalue weighted by Gasteiger charge is -2.13. The van der Waals surface area contributed by atoms with Crippen molar-refractivity contribution >= 4 is 11.6 Å². The number of nitrogens with zero attached hydrogens (tertiary/aromatic N) is 2. The summed E-state index contributed by atoms with van der Waals surface area (Å²) < 4.78 is 6.56. The van der Waals surface area contributed by atoms with E-state index in [0.29, 0.717) is 23.0 Å². The number of para-hydroxylation sites is 2. The number of methoxy groups -OCH3 is 1. The summed E-state index contributed by atoms with van der Waals surface area (Å²) >= 11 is 0. The number of hydrogen-bond donors (Lipinski definition) is 1. The fourth-order valence-electron chi connectivity index (χ4n) is 2.65. The first kappa shape index (κ1) is 17.4. The van der Waals surface area contributed by atoms with E-state index in [1.54, 1.807) is 25.1 Å². The molecule has 0 spiro atoms. The maximum Gasteiger partial charge on any atom is 0.254 e. The molecule has 0 radical (unpaired) electrons. The summed E-state index contributed by atoms with van der Waals surface area (Å²) in [6.07, 6.45) is 0. The molecule has 0 atom stereocenters. The van der Waals surface area contributed by atoms with Crippen LogP contribution in [0.2, 0.25) is 0 Å². The molecule has 1 aromatic heterocycles. The highest BCUT2D eigenvalue weighted by Gasteiger charge is 2.12. The van der Waals surface area contributed by atoms with Crippen LogP contribution in [0.3, 0.4) is 0 Å². The van der Waals surface area contributed by atoms with E-state index in [2.05, 4.69) is 10.3 Å². The fourth-order valence-corrected chi connectivity index (χ4v) is 2.65. The van der Waals surface area contributed by atoms with Crippen LogP contribution in [0.25, 0.3) is 11.3 Å². The number of amides is 1. The average molecular weight is 349 g/mol. The van der Waals surface area contributed by atoms with Gasteiger partial charge in [0.1, 0.15) is 18.1 Å². The Hall–Kier alpha value is -3.41. The quantitative estimate of drug-likeness (QED) is 0.769. The Morgan fingerprint density at radius 2 is 1.81 bits per heavy atom. The molecule has 0 aliphatic carbocycles. The van der Waals surface area contributed by atoms with Gasteiger partial charge in [0.2, 0.25) is 5.91 Å². The van der Waals surface area contributed by atoms with Crippen molar-refractivity contribution in [2.45, 2.75) is 13.5 Å². The molecule has 0 saturated carbocycles. The molecule has 3 aromatic rings. The SMILES string of the molecule is COc1ccccc1NC(=O)Cn1c(C)nc(-c2ccccc2)cc1=O. The van der Waals surface area contributed by atoms with Crippen LogP contribution in [0.1, 0.15) is 5.82 Å². The Morgan fingerprint density at radius 1 is 1.12 bits per heavy atom. The zero-order valence-electron chi connectivity index (χ0n) is 14.6.